The zero-order chi connectivity index (χ0) is 13.2. The van der Waals surface area contributed by atoms with Gasteiger partial charge >= 0.3 is 0 Å². The van der Waals surface area contributed by atoms with Crippen molar-refractivity contribution >= 4 is 0 Å². The standard InChI is InChI=1S/C14H12N2O3/c1-18-11-5-2-4-10(8-11)16-14(17)9-12(15-16)13-6-3-7-19-13/h2-9,15H,1H3. The lowest BCUT2D eigenvalue weighted by Crippen LogP contribution is -2.13. The zero-order valence-corrected chi connectivity index (χ0v) is 10.3. The van der Waals surface area contributed by atoms with Gasteiger partial charge in [0.1, 0.15) is 11.4 Å². The van der Waals surface area contributed by atoms with Crippen molar-refractivity contribution in [1.82, 2.24) is 9.78 Å². The molecular weight excluding hydrogens is 244 g/mol. The van der Waals surface area contributed by atoms with Crippen LogP contribution in [0.15, 0.2) is 57.9 Å². The topological polar surface area (TPSA) is 60.2 Å². The van der Waals surface area contributed by atoms with E-state index in [1.54, 1.807) is 31.6 Å². The summed E-state index contributed by atoms with van der Waals surface area (Å²) in [6.45, 7) is 0. The summed E-state index contributed by atoms with van der Waals surface area (Å²) >= 11 is 0. The average molecular weight is 256 g/mol. The predicted molar refractivity (Wildman–Crippen MR) is 70.6 cm³/mol. The molecule has 0 radical (unpaired) electrons. The lowest BCUT2D eigenvalue weighted by molar-refractivity contribution is 0.414. The van der Waals surface area contributed by atoms with E-state index in [4.69, 9.17) is 9.15 Å². The average Bonchev–Trinajstić information content (AvgIpc) is 3.07. The van der Waals surface area contributed by atoms with Crippen LogP contribution in [0.1, 0.15) is 0 Å². The van der Waals surface area contributed by atoms with E-state index >= 15 is 0 Å². The number of hydrogen-bond donors (Lipinski definition) is 1. The van der Waals surface area contributed by atoms with Crippen LogP contribution in [0.25, 0.3) is 17.1 Å². The van der Waals surface area contributed by atoms with E-state index in [0.717, 1.165) is 0 Å². The van der Waals surface area contributed by atoms with E-state index in [0.29, 0.717) is 22.9 Å². The molecule has 0 amide bonds. The summed E-state index contributed by atoms with van der Waals surface area (Å²) in [5, 5.41) is 3.01. The summed E-state index contributed by atoms with van der Waals surface area (Å²) in [5.41, 5.74) is 1.19. The molecular formula is C14H12N2O3. The number of nitrogens with zero attached hydrogens (tertiary/aromatic N) is 1. The quantitative estimate of drug-likeness (QED) is 0.783. The van der Waals surface area contributed by atoms with Crippen LogP contribution in [-0.4, -0.2) is 16.9 Å². The highest BCUT2D eigenvalue weighted by Gasteiger charge is 2.09. The Kier molecular flexibility index (Phi) is 2.72. The first kappa shape index (κ1) is 11.4. The molecule has 5 heteroatoms. The van der Waals surface area contributed by atoms with Crippen LogP contribution in [0.5, 0.6) is 5.75 Å². The number of aromatic amines is 1. The van der Waals surface area contributed by atoms with E-state index in [1.807, 2.05) is 18.2 Å². The largest absolute Gasteiger partial charge is 0.497 e. The van der Waals surface area contributed by atoms with Gasteiger partial charge in [-0.2, -0.15) is 0 Å². The van der Waals surface area contributed by atoms with E-state index < -0.39 is 0 Å². The van der Waals surface area contributed by atoms with Crippen molar-refractivity contribution in [3.8, 4) is 22.9 Å². The number of furan rings is 1. The first-order valence-electron chi connectivity index (χ1n) is 5.78. The lowest BCUT2D eigenvalue weighted by atomic mass is 10.3. The molecule has 0 unspecified atom stereocenters. The number of H-pyrrole nitrogens is 1. The zero-order valence-electron chi connectivity index (χ0n) is 10.3. The summed E-state index contributed by atoms with van der Waals surface area (Å²) in [7, 11) is 1.59. The van der Waals surface area contributed by atoms with Gasteiger partial charge in [-0.15, -0.1) is 0 Å². The van der Waals surface area contributed by atoms with E-state index in [-0.39, 0.29) is 5.56 Å². The van der Waals surface area contributed by atoms with Crippen molar-refractivity contribution in [3.05, 3.63) is 59.1 Å². The third-order valence-corrected chi connectivity index (χ3v) is 2.82. The van der Waals surface area contributed by atoms with Crippen molar-refractivity contribution in [2.24, 2.45) is 0 Å². The third-order valence-electron chi connectivity index (χ3n) is 2.82. The summed E-state index contributed by atoms with van der Waals surface area (Å²) < 4.78 is 11.9. The first-order valence-corrected chi connectivity index (χ1v) is 5.78. The second-order valence-electron chi connectivity index (χ2n) is 4.02. The maximum atomic E-state index is 12.0. The second-order valence-corrected chi connectivity index (χ2v) is 4.02. The Bertz CT molecular complexity index is 738. The fourth-order valence-electron chi connectivity index (χ4n) is 1.90. The van der Waals surface area contributed by atoms with Gasteiger partial charge in [-0.25, -0.2) is 4.68 Å². The molecule has 0 aliphatic carbocycles. The highest BCUT2D eigenvalue weighted by molar-refractivity contribution is 5.52. The third kappa shape index (κ3) is 2.06. The van der Waals surface area contributed by atoms with Crippen LogP contribution in [0, 0.1) is 0 Å². The minimum Gasteiger partial charge on any atom is -0.497 e. The van der Waals surface area contributed by atoms with E-state index in [2.05, 4.69) is 5.10 Å². The predicted octanol–water partition coefficient (Wildman–Crippen LogP) is 2.43. The Hall–Kier alpha value is -2.69. The van der Waals surface area contributed by atoms with Gasteiger partial charge < -0.3 is 9.15 Å². The second kappa shape index (κ2) is 4.53. The molecule has 0 saturated carbocycles. The van der Waals surface area contributed by atoms with Gasteiger partial charge in [0.25, 0.3) is 5.56 Å². The summed E-state index contributed by atoms with van der Waals surface area (Å²) in [6.07, 6.45) is 1.57. The van der Waals surface area contributed by atoms with Gasteiger partial charge in [0.15, 0.2) is 5.76 Å². The number of nitrogens with one attached hydrogen (secondary N) is 1. The number of rotatable bonds is 3. The molecule has 0 atom stereocenters. The van der Waals surface area contributed by atoms with E-state index in [9.17, 15) is 4.79 Å². The molecule has 0 bridgehead atoms. The maximum absolute atomic E-state index is 12.0. The van der Waals surface area contributed by atoms with Crippen molar-refractivity contribution in [2.75, 3.05) is 7.11 Å². The Labute approximate surface area is 109 Å². The first-order chi connectivity index (χ1) is 9.28. The van der Waals surface area contributed by atoms with Crippen molar-refractivity contribution in [2.45, 2.75) is 0 Å². The number of hydrogen-bond acceptors (Lipinski definition) is 3. The van der Waals surface area contributed by atoms with Crippen molar-refractivity contribution in [1.29, 1.82) is 0 Å². The fourth-order valence-corrected chi connectivity index (χ4v) is 1.90. The molecule has 19 heavy (non-hydrogen) atoms. The van der Waals surface area contributed by atoms with Crippen LogP contribution in [-0.2, 0) is 0 Å². The Morgan fingerprint density at radius 2 is 2.11 bits per heavy atom. The molecule has 1 N–H and O–H groups in total. The van der Waals surface area contributed by atoms with Crippen LogP contribution < -0.4 is 10.3 Å². The summed E-state index contributed by atoms with van der Waals surface area (Å²) in [4.78, 5) is 12.0. The van der Waals surface area contributed by atoms with Crippen molar-refractivity contribution < 1.29 is 9.15 Å². The van der Waals surface area contributed by atoms with Crippen LogP contribution >= 0.6 is 0 Å². The molecule has 5 nitrogen and oxygen atoms in total. The normalized spacial score (nSPS) is 10.6. The summed E-state index contributed by atoms with van der Waals surface area (Å²) in [6, 6.07) is 12.3. The van der Waals surface area contributed by atoms with E-state index in [1.165, 1.54) is 10.7 Å². The highest BCUT2D eigenvalue weighted by atomic mass is 16.5. The molecule has 0 fully saturated rings. The Balaban J connectivity index is 2.08. The molecule has 3 rings (SSSR count). The number of methoxy groups -OCH3 is 1. The van der Waals surface area contributed by atoms with Gasteiger partial charge in [-0.1, -0.05) is 6.07 Å². The van der Waals surface area contributed by atoms with Crippen LogP contribution in [0.3, 0.4) is 0 Å². The highest BCUT2D eigenvalue weighted by Crippen LogP contribution is 2.18. The molecule has 3 aromatic rings. The molecule has 96 valence electrons. The molecule has 0 spiro atoms. The van der Waals surface area contributed by atoms with Gasteiger partial charge in [-0.05, 0) is 24.3 Å². The smallest absolute Gasteiger partial charge is 0.271 e. The van der Waals surface area contributed by atoms with Gasteiger partial charge in [-0.3, -0.25) is 9.89 Å². The Morgan fingerprint density at radius 1 is 1.21 bits per heavy atom. The van der Waals surface area contributed by atoms with Gasteiger partial charge in [0.05, 0.1) is 19.1 Å². The summed E-state index contributed by atoms with van der Waals surface area (Å²) in [5.74, 6) is 1.32. The SMILES string of the molecule is COc1cccc(-n2[nH]c(-c3ccco3)cc2=O)c1. The van der Waals surface area contributed by atoms with Gasteiger partial charge in [0, 0.05) is 12.1 Å². The van der Waals surface area contributed by atoms with Crippen LogP contribution in [0.2, 0.25) is 0 Å². The number of aromatic nitrogens is 2. The Morgan fingerprint density at radius 3 is 2.84 bits per heavy atom. The molecule has 2 aromatic heterocycles. The molecule has 0 aliphatic rings. The molecule has 0 saturated heterocycles. The fraction of sp³-hybridized carbons (Fsp3) is 0.0714. The monoisotopic (exact) mass is 256 g/mol. The van der Waals surface area contributed by atoms with Gasteiger partial charge in [0.2, 0.25) is 0 Å². The maximum Gasteiger partial charge on any atom is 0.271 e. The lowest BCUT2D eigenvalue weighted by Gasteiger charge is -2.04. The van der Waals surface area contributed by atoms with Crippen molar-refractivity contribution in [3.63, 3.8) is 0 Å². The number of ether oxygens (including phenoxy) is 1. The number of benzene rings is 1. The minimum atomic E-state index is -0.153. The van der Waals surface area contributed by atoms with Crippen LogP contribution in [0.4, 0.5) is 0 Å². The molecule has 0 aliphatic heterocycles. The minimum absolute atomic E-state index is 0.153. The molecule has 1 aromatic carbocycles. The molecule has 2 heterocycles.